The van der Waals surface area contributed by atoms with E-state index in [1.165, 1.54) is 36.8 Å². The first kappa shape index (κ1) is 181. The van der Waals surface area contributed by atoms with E-state index in [1.807, 2.05) is 447 Å². The molecule has 125 heavy (non-hydrogen) atoms. The average Bonchev–Trinajstić information content (AvgIpc) is 1.84. The topological polar surface area (TPSA) is 293 Å². The van der Waals surface area contributed by atoms with Gasteiger partial charge in [0.25, 0.3) is 0 Å². The Balaban J connectivity index is -0.0000000386. The lowest BCUT2D eigenvalue weighted by molar-refractivity contribution is 0.420. The fourth-order valence-corrected chi connectivity index (χ4v) is 5.22. The van der Waals surface area contributed by atoms with Gasteiger partial charge in [-0.1, -0.05) is 356 Å². The molecule has 0 amide bonds. The minimum atomic E-state index is 0.623. The van der Waals surface area contributed by atoms with Crippen LogP contribution in [0.5, 0.6) is 0 Å². The number of pyridine rings is 1. The molecule has 0 aliphatic carbocycles. The van der Waals surface area contributed by atoms with Crippen molar-refractivity contribution in [3.63, 3.8) is 0 Å². The molecule has 0 atom stereocenters. The summed E-state index contributed by atoms with van der Waals surface area (Å²) in [6.07, 6.45) is 41.6. The van der Waals surface area contributed by atoms with Crippen LogP contribution in [-0.4, -0.2) is 90.0 Å². The van der Waals surface area contributed by atoms with Gasteiger partial charge in [0.15, 0.2) is 6.39 Å². The molecule has 14 rings (SSSR count). The van der Waals surface area contributed by atoms with Crippen molar-refractivity contribution in [1.29, 1.82) is 0 Å². The van der Waals surface area contributed by atoms with Gasteiger partial charge in [-0.25, -0.2) is 24.3 Å². The number of hydrogen-bond acceptors (Lipinski definition) is 23. The maximum Gasteiger partial charge on any atom is 0.213 e. The number of furan rings is 1. The van der Waals surface area contributed by atoms with E-state index in [0.717, 1.165) is 10.0 Å². The molecule has 0 saturated carbocycles. The summed E-state index contributed by atoms with van der Waals surface area (Å²) >= 11 is 6.40. The quantitative estimate of drug-likeness (QED) is 0.127. The molecule has 22 nitrogen and oxygen atoms in total. The number of thiophene rings is 1. The van der Waals surface area contributed by atoms with Crippen molar-refractivity contribution < 1.29 is 17.8 Å². The first-order chi connectivity index (χ1) is 62.1. The highest BCUT2D eigenvalue weighted by molar-refractivity contribution is 7.11. The van der Waals surface area contributed by atoms with Gasteiger partial charge in [0, 0.05) is 124 Å². The number of thiazole rings is 1. The summed E-state index contributed by atoms with van der Waals surface area (Å²) in [7, 11) is 0. The monoisotopic (exact) mass is 1840 g/mol. The van der Waals surface area contributed by atoms with Crippen LogP contribution in [0.15, 0.2) is 279 Å². The molecule has 14 aromatic rings. The first-order valence-electron chi connectivity index (χ1n) is 46.1. The molecule has 0 aliphatic heterocycles. The Hall–Kier alpha value is -9.63. The molecule has 0 bridgehead atoms. The minimum Gasteiger partial charge on any atom is -0.473 e. The van der Waals surface area contributed by atoms with Gasteiger partial charge >= 0.3 is 0 Å². The lowest BCUT2D eigenvalue weighted by Gasteiger charge is -1.70. The SMILES string of the molecule is CC.CC.CC.CC.CC.CC.CC.CC.CC.CC.CC.CC.CC.CC.CC.CC.CC.CC.CC.CC.CC.CC.CC.CC.Cc1nnc(C)o1.Cc1nnc(C)s1.c1c[nH]cn1.c1cc[nH]c1.c1ccncc1.c1ccoc1.c1ccsc1.c1cn[nH]c1.c1cnccn1.c1cncnc1.c1cnoc1.c1cnsc1.c1cocn1.c1cscn1. The zero-order valence-corrected chi connectivity index (χ0v) is 93.6. The standard InChI is InChI=1S/C5H5N.C4H6N2O.C4H6N2S.2C4H4N2.C4H5N.C4H4O.C4H4S.2C3H4N2.2C3H3NO.2C3H3NS.24C2H6/c1-2-4-6-5-3-1;2*1-3-5-6-4(2)7-3;1-2-6-4-3-5-1;1-2-5-4-6-3-1;3*1-2-4-5-3-1;1-2-5-3-4-1;1-2-4-5-3-1;1-2-5-3-4-1;1-2-4-5-3-1;1-2-5-3-4-1;1-2-4-5-3-1;24*1-2/h1-5H;2*1-2H3;2*1-4H;1-5H;2*1-4H;2*1-3H,(H,4,5);4*1-3H;24*1-2H3. The zero-order valence-electron chi connectivity index (χ0n) is 90.3. The number of nitrogens with one attached hydrogen (secondary N) is 3. The van der Waals surface area contributed by atoms with Crippen LogP contribution in [0.25, 0.3) is 0 Å². The van der Waals surface area contributed by atoms with Crippen molar-refractivity contribution in [3.05, 3.63) is 283 Å². The molecule has 0 aromatic carbocycles. The Bertz CT molecular complexity index is 2170. The summed E-state index contributed by atoms with van der Waals surface area (Å²) < 4.78 is 22.0. The van der Waals surface area contributed by atoms with Crippen molar-refractivity contribution >= 4 is 45.5 Å². The van der Waals surface area contributed by atoms with Gasteiger partial charge in [-0.3, -0.25) is 25.0 Å². The second-order valence-electron chi connectivity index (χ2n) is 12.2. The van der Waals surface area contributed by atoms with Crippen LogP contribution in [0, 0.1) is 27.7 Å². The Kier molecular flexibility index (Phi) is 417. The second kappa shape index (κ2) is 289. The molecular weight excluding hydrogens is 1630 g/mol. The van der Waals surface area contributed by atoms with E-state index in [-0.39, 0.29) is 0 Å². The number of aryl methyl sites for hydroxylation is 4. The molecule has 26 heteroatoms. The van der Waals surface area contributed by atoms with Crippen LogP contribution < -0.4 is 0 Å². The van der Waals surface area contributed by atoms with Crippen molar-refractivity contribution in [3.8, 4) is 0 Å². The number of hydrogen-bond donors (Lipinski definition) is 3. The molecule has 14 aromatic heterocycles. The number of aromatic nitrogens is 18. The highest BCUT2D eigenvalue weighted by Gasteiger charge is 1.90. The molecule has 0 spiro atoms. The van der Waals surface area contributed by atoms with E-state index in [2.05, 4.69) is 103 Å². The van der Waals surface area contributed by atoms with Gasteiger partial charge < -0.3 is 27.7 Å². The number of aromatic amines is 3. The lowest BCUT2D eigenvalue weighted by Crippen LogP contribution is -1.68. The predicted molar refractivity (Wildman–Crippen MR) is 572 cm³/mol. The predicted octanol–water partition coefficient (Wildman–Crippen LogP) is 37.0. The minimum absolute atomic E-state index is 0.623. The van der Waals surface area contributed by atoms with Crippen molar-refractivity contribution in [2.45, 2.75) is 360 Å². The summed E-state index contributed by atoms with van der Waals surface area (Å²) in [5, 5.41) is 34.3. The average molecular weight is 1840 g/mol. The Morgan fingerprint density at radius 3 is 0.800 bits per heavy atom. The summed E-state index contributed by atoms with van der Waals surface area (Å²) in [5.74, 6) is 1.25. The second-order valence-corrected chi connectivity index (χ2v) is 15.9. The van der Waals surface area contributed by atoms with Crippen molar-refractivity contribution in [2.75, 3.05) is 0 Å². The zero-order chi connectivity index (χ0) is 103. The maximum absolute atomic E-state index is 4.86. The van der Waals surface area contributed by atoms with Crippen LogP contribution in [0.2, 0.25) is 0 Å². The highest BCUT2D eigenvalue weighted by Crippen LogP contribution is 2.04. The molecular formula is C99H202N18O4S4. The van der Waals surface area contributed by atoms with Crippen LogP contribution >= 0.6 is 45.5 Å². The number of nitrogens with zero attached hydrogens (tertiary/aromatic N) is 15. The van der Waals surface area contributed by atoms with Crippen molar-refractivity contribution in [2.24, 2.45) is 0 Å². The number of oxazole rings is 1. The summed E-state index contributed by atoms with van der Waals surface area (Å²) in [5.41, 5.74) is 1.79. The van der Waals surface area contributed by atoms with Gasteiger partial charge in [-0.2, -0.15) is 16.4 Å². The third-order valence-electron chi connectivity index (χ3n) is 6.32. The molecule has 3 N–H and O–H groups in total. The normalized spacial score (nSPS) is 6.24. The number of H-pyrrole nitrogens is 3. The van der Waals surface area contributed by atoms with Gasteiger partial charge in [0.05, 0.1) is 36.8 Å². The molecule has 14 heterocycles. The van der Waals surface area contributed by atoms with Gasteiger partial charge in [-0.15, -0.1) is 43.1 Å². The van der Waals surface area contributed by atoms with E-state index < -0.39 is 0 Å². The smallest absolute Gasteiger partial charge is 0.213 e. The Morgan fingerprint density at radius 2 is 0.688 bits per heavy atom. The summed E-state index contributed by atoms with van der Waals surface area (Å²) in [4.78, 5) is 35.2. The fraction of sp³-hybridized carbons (Fsp3) is 0.525. The largest absolute Gasteiger partial charge is 0.473 e. The fourth-order valence-electron chi connectivity index (χ4n) is 3.47. The van der Waals surface area contributed by atoms with E-state index in [0.29, 0.717) is 11.8 Å². The molecule has 0 radical (unpaired) electrons. The van der Waals surface area contributed by atoms with E-state index in [4.69, 9.17) is 4.42 Å². The molecule has 0 saturated heterocycles. The summed E-state index contributed by atoms with van der Waals surface area (Å²) in [6.45, 7) is 103. The van der Waals surface area contributed by atoms with Crippen LogP contribution in [0.1, 0.15) is 354 Å². The third-order valence-corrected chi connectivity index (χ3v) is 8.75. The number of rotatable bonds is 0. The summed E-state index contributed by atoms with van der Waals surface area (Å²) in [6, 6.07) is 24.5. The molecule has 736 valence electrons. The number of imidazole rings is 1. The van der Waals surface area contributed by atoms with Crippen LogP contribution in [0.3, 0.4) is 0 Å². The Labute approximate surface area is 791 Å². The van der Waals surface area contributed by atoms with E-state index in [1.54, 1.807) is 184 Å². The van der Waals surface area contributed by atoms with Crippen LogP contribution in [0.4, 0.5) is 0 Å². The van der Waals surface area contributed by atoms with Gasteiger partial charge in [0.2, 0.25) is 11.8 Å². The molecule has 0 fully saturated rings. The third kappa shape index (κ3) is 284. The van der Waals surface area contributed by atoms with E-state index >= 15 is 0 Å². The Morgan fingerprint density at radius 1 is 0.264 bits per heavy atom. The lowest BCUT2D eigenvalue weighted by atomic mass is 10.5. The van der Waals surface area contributed by atoms with E-state index in [9.17, 15) is 0 Å². The van der Waals surface area contributed by atoms with Gasteiger partial charge in [-0.05, 0) is 96.8 Å². The van der Waals surface area contributed by atoms with Gasteiger partial charge in [0.1, 0.15) is 28.9 Å². The molecule has 0 aliphatic rings. The van der Waals surface area contributed by atoms with Crippen molar-refractivity contribution in [1.82, 2.24) is 90.0 Å². The van der Waals surface area contributed by atoms with Crippen LogP contribution in [-0.2, 0) is 0 Å². The molecule has 0 unspecified atom stereocenters. The first-order valence-corrected chi connectivity index (χ1v) is 49.6. The highest BCUT2D eigenvalue weighted by atomic mass is 32.1. The maximum atomic E-state index is 4.86.